The lowest BCUT2D eigenvalue weighted by molar-refractivity contribution is 0.139. The molecule has 1 aromatic heterocycles. The fourth-order valence-corrected chi connectivity index (χ4v) is 3.94. The van der Waals surface area contributed by atoms with Crippen LogP contribution in [-0.4, -0.2) is 11.7 Å². The van der Waals surface area contributed by atoms with Gasteiger partial charge in [0.25, 0.3) is 0 Å². The topological polar surface area (TPSA) is 51.8 Å². The highest BCUT2D eigenvalue weighted by atomic mass is 16.5. The van der Waals surface area contributed by atoms with E-state index in [1.165, 1.54) is 5.57 Å². The van der Waals surface area contributed by atoms with E-state index in [1.807, 2.05) is 18.2 Å². The number of allylic oxidation sites excluding steroid dienone is 2. The van der Waals surface area contributed by atoms with Crippen LogP contribution < -0.4 is 9.47 Å². The molecule has 0 fully saturated rings. The first-order valence-corrected chi connectivity index (χ1v) is 8.90. The van der Waals surface area contributed by atoms with Crippen LogP contribution in [0.15, 0.2) is 52.7 Å². The van der Waals surface area contributed by atoms with E-state index in [0.29, 0.717) is 13.0 Å². The van der Waals surface area contributed by atoms with Gasteiger partial charge in [-0.15, -0.1) is 0 Å². The number of hydrogen-bond acceptors (Lipinski definition) is 4. The van der Waals surface area contributed by atoms with Crippen molar-refractivity contribution in [2.45, 2.75) is 32.3 Å². The summed E-state index contributed by atoms with van der Waals surface area (Å²) in [7, 11) is 0. The van der Waals surface area contributed by atoms with Crippen LogP contribution >= 0.6 is 0 Å². The Morgan fingerprint density at radius 1 is 1.19 bits per heavy atom. The van der Waals surface area contributed by atoms with Gasteiger partial charge in [-0.3, -0.25) is 0 Å². The predicted molar refractivity (Wildman–Crippen MR) is 99.1 cm³/mol. The van der Waals surface area contributed by atoms with Gasteiger partial charge in [0.1, 0.15) is 28.9 Å². The van der Waals surface area contributed by atoms with Crippen LogP contribution in [0.4, 0.5) is 0 Å². The highest BCUT2D eigenvalue weighted by Crippen LogP contribution is 2.54. The molecule has 0 radical (unpaired) electrons. The van der Waals surface area contributed by atoms with E-state index in [4.69, 9.17) is 13.9 Å². The number of benzene rings is 2. The van der Waals surface area contributed by atoms with Crippen LogP contribution in [0.25, 0.3) is 11.0 Å². The van der Waals surface area contributed by atoms with Gasteiger partial charge in [-0.2, -0.15) is 0 Å². The van der Waals surface area contributed by atoms with Crippen molar-refractivity contribution < 1.29 is 19.0 Å². The Morgan fingerprint density at radius 3 is 2.92 bits per heavy atom. The Labute approximate surface area is 151 Å². The first-order chi connectivity index (χ1) is 12.6. The number of phenols is 1. The molecule has 0 saturated heterocycles. The van der Waals surface area contributed by atoms with E-state index in [-0.39, 0.29) is 17.8 Å². The fraction of sp³-hybridized carbons (Fsp3) is 0.273. The summed E-state index contributed by atoms with van der Waals surface area (Å²) in [6.07, 6.45) is 4.36. The summed E-state index contributed by atoms with van der Waals surface area (Å²) in [5, 5.41) is 11.4. The third-order valence-corrected chi connectivity index (χ3v) is 5.30. The maximum atomic E-state index is 10.4. The van der Waals surface area contributed by atoms with E-state index in [2.05, 4.69) is 26.0 Å². The molecule has 2 aliphatic rings. The Morgan fingerprint density at radius 2 is 2.08 bits per heavy atom. The standard InChI is InChI=1S/C22H20O4/c1-12(2)3-4-15-18(23)6-5-14-17-11-25-20-10-19-13(7-8-24-19)9-16(20)22(17)26-21(14)15/h3,5-10,17,22-23H,4,11H2,1-2H3/t17-,22-/m1/s1. The number of aromatic hydroxyl groups is 1. The largest absolute Gasteiger partial charge is 0.508 e. The monoisotopic (exact) mass is 348 g/mol. The molecular weight excluding hydrogens is 328 g/mol. The van der Waals surface area contributed by atoms with Crippen molar-refractivity contribution in [3.05, 3.63) is 64.9 Å². The molecule has 0 amide bonds. The molecule has 0 spiro atoms. The minimum atomic E-state index is -0.0969. The van der Waals surface area contributed by atoms with Crippen LogP contribution in [-0.2, 0) is 6.42 Å². The average Bonchev–Trinajstić information content (AvgIpc) is 3.22. The third kappa shape index (κ3) is 2.22. The van der Waals surface area contributed by atoms with Crippen molar-refractivity contribution in [3.63, 3.8) is 0 Å². The molecule has 3 heterocycles. The summed E-state index contributed by atoms with van der Waals surface area (Å²) in [5.74, 6) is 2.04. The number of fused-ring (bicyclic) bond motifs is 6. The molecule has 4 nitrogen and oxygen atoms in total. The van der Waals surface area contributed by atoms with Gasteiger partial charge >= 0.3 is 0 Å². The Bertz CT molecular complexity index is 1040. The zero-order valence-electron chi connectivity index (χ0n) is 14.8. The molecule has 3 aromatic rings. The third-order valence-electron chi connectivity index (χ3n) is 5.30. The molecular formula is C22H20O4. The summed E-state index contributed by atoms with van der Waals surface area (Å²) in [4.78, 5) is 0. The molecule has 0 saturated carbocycles. The molecule has 0 aliphatic carbocycles. The van der Waals surface area contributed by atoms with Gasteiger partial charge in [0, 0.05) is 28.1 Å². The molecule has 132 valence electrons. The minimum Gasteiger partial charge on any atom is -0.508 e. The highest BCUT2D eigenvalue weighted by Gasteiger charge is 2.42. The lowest BCUT2D eigenvalue weighted by Gasteiger charge is -2.27. The van der Waals surface area contributed by atoms with E-state index in [0.717, 1.165) is 39.2 Å². The van der Waals surface area contributed by atoms with Gasteiger partial charge in [0.15, 0.2) is 0 Å². The van der Waals surface area contributed by atoms with Crippen LogP contribution in [0, 0.1) is 0 Å². The molecule has 2 atom stereocenters. The number of rotatable bonds is 2. The summed E-state index contributed by atoms with van der Waals surface area (Å²) in [5.41, 5.74) is 5.04. The summed E-state index contributed by atoms with van der Waals surface area (Å²) in [6, 6.07) is 9.72. The second kappa shape index (κ2) is 5.56. The van der Waals surface area contributed by atoms with Gasteiger partial charge in [0.05, 0.1) is 18.8 Å². The van der Waals surface area contributed by atoms with Crippen LogP contribution in [0.1, 0.15) is 42.6 Å². The molecule has 2 aromatic carbocycles. The predicted octanol–water partition coefficient (Wildman–Crippen LogP) is 5.26. The van der Waals surface area contributed by atoms with Crippen molar-refractivity contribution in [2.75, 3.05) is 6.61 Å². The van der Waals surface area contributed by atoms with Gasteiger partial charge in [-0.05, 0) is 38.5 Å². The zero-order valence-corrected chi connectivity index (χ0v) is 14.8. The van der Waals surface area contributed by atoms with Crippen LogP contribution in [0.3, 0.4) is 0 Å². The molecule has 0 unspecified atom stereocenters. The number of furan rings is 1. The second-order valence-electron chi connectivity index (χ2n) is 7.27. The van der Waals surface area contributed by atoms with Gasteiger partial charge < -0.3 is 19.0 Å². The number of ether oxygens (including phenoxy) is 2. The summed E-state index contributed by atoms with van der Waals surface area (Å²) >= 11 is 0. The molecule has 26 heavy (non-hydrogen) atoms. The van der Waals surface area contributed by atoms with Gasteiger partial charge in [-0.25, -0.2) is 0 Å². The maximum Gasteiger partial charge on any atom is 0.138 e. The summed E-state index contributed by atoms with van der Waals surface area (Å²) < 4.78 is 17.9. The smallest absolute Gasteiger partial charge is 0.138 e. The SMILES string of the molecule is CC(C)=CCc1c(O)ccc2c1O[C@@H]1c3cc4ccoc4cc3OC[C@H]21. The molecule has 1 N–H and O–H groups in total. The normalized spacial score (nSPS) is 19.9. The van der Waals surface area contributed by atoms with E-state index < -0.39 is 0 Å². The van der Waals surface area contributed by atoms with Gasteiger partial charge in [0.2, 0.25) is 0 Å². The van der Waals surface area contributed by atoms with Crippen molar-refractivity contribution in [1.29, 1.82) is 0 Å². The van der Waals surface area contributed by atoms with E-state index in [1.54, 1.807) is 12.3 Å². The summed E-state index contributed by atoms with van der Waals surface area (Å²) in [6.45, 7) is 4.67. The number of phenolic OH excluding ortho intramolecular Hbond substituents is 1. The van der Waals surface area contributed by atoms with Crippen LogP contribution in [0.5, 0.6) is 17.2 Å². The van der Waals surface area contributed by atoms with Crippen molar-refractivity contribution in [3.8, 4) is 17.2 Å². The number of hydrogen-bond donors (Lipinski definition) is 1. The van der Waals surface area contributed by atoms with E-state index in [9.17, 15) is 5.11 Å². The Hall–Kier alpha value is -2.88. The zero-order chi connectivity index (χ0) is 17.8. The first kappa shape index (κ1) is 15.4. The average molecular weight is 348 g/mol. The van der Waals surface area contributed by atoms with Gasteiger partial charge in [-0.1, -0.05) is 17.7 Å². The maximum absolute atomic E-state index is 10.4. The van der Waals surface area contributed by atoms with Crippen molar-refractivity contribution in [2.24, 2.45) is 0 Å². The van der Waals surface area contributed by atoms with Crippen molar-refractivity contribution in [1.82, 2.24) is 0 Å². The van der Waals surface area contributed by atoms with Crippen molar-refractivity contribution >= 4 is 11.0 Å². The molecule has 5 rings (SSSR count). The molecule has 4 heteroatoms. The molecule has 2 aliphatic heterocycles. The lowest BCUT2D eigenvalue weighted by Crippen LogP contribution is -2.23. The quantitative estimate of drug-likeness (QED) is 0.642. The lowest BCUT2D eigenvalue weighted by atomic mass is 9.88. The second-order valence-corrected chi connectivity index (χ2v) is 7.27. The minimum absolute atomic E-state index is 0.0969. The fourth-order valence-electron chi connectivity index (χ4n) is 3.94. The molecule has 0 bridgehead atoms. The Balaban J connectivity index is 1.61. The van der Waals surface area contributed by atoms with Crippen LogP contribution in [0.2, 0.25) is 0 Å². The Kier molecular flexibility index (Phi) is 3.29. The first-order valence-electron chi connectivity index (χ1n) is 8.90. The van der Waals surface area contributed by atoms with E-state index >= 15 is 0 Å². The highest BCUT2D eigenvalue weighted by molar-refractivity contribution is 5.80.